The quantitative estimate of drug-likeness (QED) is 0.628. The lowest BCUT2D eigenvalue weighted by Gasteiger charge is -2.26. The number of hydrogen-bond acceptors (Lipinski definition) is 4. The predicted octanol–water partition coefficient (Wildman–Crippen LogP) is 3.38. The molecule has 0 bridgehead atoms. The number of benzene rings is 1. The van der Waals surface area contributed by atoms with Gasteiger partial charge >= 0.3 is 5.97 Å². The van der Waals surface area contributed by atoms with Gasteiger partial charge in [-0.1, -0.05) is 39.0 Å². The maximum absolute atomic E-state index is 13.9. The summed E-state index contributed by atoms with van der Waals surface area (Å²) in [6.07, 6.45) is 1.27. The average molecular weight is 339 g/mol. The molecular formula is C19H30FNO3. The number of aliphatic hydroxyl groups excluding tert-OH is 1. The fourth-order valence-corrected chi connectivity index (χ4v) is 2.36. The minimum atomic E-state index is -0.773. The highest BCUT2D eigenvalue weighted by Crippen LogP contribution is 2.12. The van der Waals surface area contributed by atoms with E-state index in [4.69, 9.17) is 4.74 Å². The van der Waals surface area contributed by atoms with Gasteiger partial charge in [0.05, 0.1) is 0 Å². The first-order valence-corrected chi connectivity index (χ1v) is 8.71. The van der Waals surface area contributed by atoms with E-state index >= 15 is 0 Å². The third-order valence-corrected chi connectivity index (χ3v) is 3.73. The van der Waals surface area contributed by atoms with Crippen molar-refractivity contribution in [3.63, 3.8) is 0 Å². The van der Waals surface area contributed by atoms with Crippen LogP contribution >= 0.6 is 0 Å². The van der Waals surface area contributed by atoms with Crippen molar-refractivity contribution in [2.45, 2.75) is 52.7 Å². The molecule has 136 valence electrons. The van der Waals surface area contributed by atoms with Gasteiger partial charge in [-0.2, -0.15) is 0 Å². The van der Waals surface area contributed by atoms with E-state index in [-0.39, 0.29) is 18.4 Å². The van der Waals surface area contributed by atoms with Gasteiger partial charge in [0.2, 0.25) is 0 Å². The van der Waals surface area contributed by atoms with Crippen LogP contribution in [0.2, 0.25) is 0 Å². The molecule has 1 rings (SSSR count). The van der Waals surface area contributed by atoms with Gasteiger partial charge < -0.3 is 9.84 Å². The predicted molar refractivity (Wildman–Crippen MR) is 93.0 cm³/mol. The molecule has 0 spiro atoms. The molecule has 0 saturated carbocycles. The molecule has 0 amide bonds. The van der Waals surface area contributed by atoms with Crippen LogP contribution in [0.25, 0.3) is 0 Å². The minimum Gasteiger partial charge on any atom is -0.463 e. The highest BCUT2D eigenvalue weighted by atomic mass is 19.1. The Kier molecular flexibility index (Phi) is 9.57. The van der Waals surface area contributed by atoms with E-state index in [1.165, 1.54) is 6.07 Å². The van der Waals surface area contributed by atoms with Crippen LogP contribution in [0.15, 0.2) is 24.3 Å². The van der Waals surface area contributed by atoms with Crippen molar-refractivity contribution >= 4 is 5.97 Å². The summed E-state index contributed by atoms with van der Waals surface area (Å²) in [6.45, 7) is 7.67. The summed E-state index contributed by atoms with van der Waals surface area (Å²) < 4.78 is 18.9. The fraction of sp³-hybridized carbons (Fsp3) is 0.632. The summed E-state index contributed by atoms with van der Waals surface area (Å²) in [5, 5.41) is 10.1. The van der Waals surface area contributed by atoms with E-state index in [0.717, 1.165) is 19.4 Å². The molecule has 0 radical (unpaired) electrons. The molecule has 0 aliphatic heterocycles. The van der Waals surface area contributed by atoms with Gasteiger partial charge in [-0.05, 0) is 31.4 Å². The summed E-state index contributed by atoms with van der Waals surface area (Å²) in [5.41, 5.74) is 0.608. The molecule has 0 aliphatic carbocycles. The molecule has 0 aliphatic rings. The summed E-state index contributed by atoms with van der Waals surface area (Å²) in [7, 11) is 0. The summed E-state index contributed by atoms with van der Waals surface area (Å²) in [5.74, 6) is -0.0112. The zero-order valence-electron chi connectivity index (χ0n) is 15.0. The van der Waals surface area contributed by atoms with Crippen LogP contribution in [0.3, 0.4) is 0 Å². The van der Waals surface area contributed by atoms with Crippen LogP contribution in [-0.2, 0) is 16.1 Å². The first-order chi connectivity index (χ1) is 11.4. The minimum absolute atomic E-state index is 0.0196. The van der Waals surface area contributed by atoms with Crippen LogP contribution in [0.4, 0.5) is 4.39 Å². The Balaban J connectivity index is 2.58. The van der Waals surface area contributed by atoms with Crippen LogP contribution in [0.1, 0.15) is 45.6 Å². The Bertz CT molecular complexity index is 493. The highest BCUT2D eigenvalue weighted by Gasteiger charge is 2.16. The lowest BCUT2D eigenvalue weighted by molar-refractivity contribution is -0.147. The highest BCUT2D eigenvalue weighted by molar-refractivity contribution is 5.69. The number of carbonyl (C=O) groups excluding carboxylic acids is 1. The zero-order valence-corrected chi connectivity index (χ0v) is 15.0. The molecule has 5 heteroatoms. The first-order valence-electron chi connectivity index (χ1n) is 8.71. The summed E-state index contributed by atoms with van der Waals surface area (Å²) in [4.78, 5) is 13.4. The molecule has 0 aromatic heterocycles. The van der Waals surface area contributed by atoms with Crippen molar-refractivity contribution in [3.8, 4) is 0 Å². The Morgan fingerprint density at radius 3 is 2.67 bits per heavy atom. The number of ether oxygens (including phenoxy) is 1. The van der Waals surface area contributed by atoms with E-state index < -0.39 is 6.10 Å². The molecule has 1 atom stereocenters. The average Bonchev–Trinajstić information content (AvgIpc) is 2.53. The molecule has 1 aromatic carbocycles. The molecule has 0 fully saturated rings. The lowest BCUT2D eigenvalue weighted by atomic mass is 10.1. The van der Waals surface area contributed by atoms with Crippen molar-refractivity contribution in [1.29, 1.82) is 0 Å². The lowest BCUT2D eigenvalue weighted by Crippen LogP contribution is -2.36. The molecule has 1 unspecified atom stereocenters. The molecule has 1 aromatic rings. The van der Waals surface area contributed by atoms with Crippen molar-refractivity contribution in [2.24, 2.45) is 5.92 Å². The second-order valence-corrected chi connectivity index (χ2v) is 6.60. The van der Waals surface area contributed by atoms with Crippen LogP contribution in [-0.4, -0.2) is 41.8 Å². The van der Waals surface area contributed by atoms with Gasteiger partial charge in [-0.25, -0.2) is 4.39 Å². The van der Waals surface area contributed by atoms with Crippen molar-refractivity contribution < 1.29 is 19.0 Å². The van der Waals surface area contributed by atoms with E-state index in [9.17, 15) is 14.3 Å². The number of halogens is 1. The van der Waals surface area contributed by atoms with Gasteiger partial charge in [0.1, 0.15) is 18.5 Å². The van der Waals surface area contributed by atoms with E-state index in [0.29, 0.717) is 31.0 Å². The second-order valence-electron chi connectivity index (χ2n) is 6.60. The van der Waals surface area contributed by atoms with Crippen LogP contribution in [0.5, 0.6) is 0 Å². The van der Waals surface area contributed by atoms with E-state index in [1.807, 2.05) is 17.9 Å². The van der Waals surface area contributed by atoms with Crippen molar-refractivity contribution in [1.82, 2.24) is 4.90 Å². The standard InChI is InChI=1S/C19H30FNO3/c1-4-7-19(23)24-14-17(22)13-21(11-10-15(2)3)12-16-8-5-6-9-18(16)20/h5-6,8-9,15,17,22H,4,7,10-14H2,1-3H3. The maximum atomic E-state index is 13.9. The fourth-order valence-electron chi connectivity index (χ4n) is 2.36. The second kappa shape index (κ2) is 11.2. The normalized spacial score (nSPS) is 12.6. The van der Waals surface area contributed by atoms with Gasteiger partial charge in [-0.3, -0.25) is 9.69 Å². The molecule has 4 nitrogen and oxygen atoms in total. The van der Waals surface area contributed by atoms with Crippen LogP contribution < -0.4 is 0 Å². The molecular weight excluding hydrogens is 309 g/mol. The van der Waals surface area contributed by atoms with Gasteiger partial charge in [0, 0.05) is 25.1 Å². The first kappa shape index (κ1) is 20.6. The summed E-state index contributed by atoms with van der Waals surface area (Å²) in [6, 6.07) is 6.67. The molecule has 0 saturated heterocycles. The Morgan fingerprint density at radius 1 is 1.33 bits per heavy atom. The number of esters is 1. The number of hydrogen-bond donors (Lipinski definition) is 1. The topological polar surface area (TPSA) is 49.8 Å². The molecule has 0 heterocycles. The number of nitrogens with zero attached hydrogens (tertiary/aromatic N) is 1. The van der Waals surface area contributed by atoms with Crippen molar-refractivity contribution in [3.05, 3.63) is 35.6 Å². The van der Waals surface area contributed by atoms with Gasteiger partial charge in [0.15, 0.2) is 0 Å². The Hall–Kier alpha value is -1.46. The SMILES string of the molecule is CCCC(=O)OCC(O)CN(CCC(C)C)Cc1ccccc1F. The number of aliphatic hydroxyl groups is 1. The Labute approximate surface area is 144 Å². The maximum Gasteiger partial charge on any atom is 0.305 e. The summed E-state index contributed by atoms with van der Waals surface area (Å²) >= 11 is 0. The van der Waals surface area contributed by atoms with E-state index in [1.54, 1.807) is 12.1 Å². The van der Waals surface area contributed by atoms with E-state index in [2.05, 4.69) is 13.8 Å². The largest absolute Gasteiger partial charge is 0.463 e. The van der Waals surface area contributed by atoms with Gasteiger partial charge in [-0.15, -0.1) is 0 Å². The monoisotopic (exact) mass is 339 g/mol. The van der Waals surface area contributed by atoms with Crippen molar-refractivity contribution in [2.75, 3.05) is 19.7 Å². The van der Waals surface area contributed by atoms with Gasteiger partial charge in [0.25, 0.3) is 0 Å². The Morgan fingerprint density at radius 2 is 2.04 bits per heavy atom. The zero-order chi connectivity index (χ0) is 17.9. The smallest absolute Gasteiger partial charge is 0.305 e. The third-order valence-electron chi connectivity index (χ3n) is 3.73. The van der Waals surface area contributed by atoms with Crippen LogP contribution in [0, 0.1) is 11.7 Å². The number of carbonyl (C=O) groups is 1. The molecule has 1 N–H and O–H groups in total. The molecule has 24 heavy (non-hydrogen) atoms. The number of rotatable bonds is 11. The third kappa shape index (κ3) is 8.41.